The van der Waals surface area contributed by atoms with E-state index in [0.717, 1.165) is 0 Å². The fourth-order valence-corrected chi connectivity index (χ4v) is 2.15. The van der Waals surface area contributed by atoms with Crippen molar-refractivity contribution >= 4 is 23.5 Å². The van der Waals surface area contributed by atoms with E-state index in [4.69, 9.17) is 5.73 Å². The monoisotopic (exact) mass is 257 g/mol. The standard InChI is InChI=1S/C10H15N3O3S/c1-5(9(15)16-3)6(2)17-10-12-7(11)4-8(14)13-10/h4-6H,1-3H3,(H3,11,12,13,14). The molecule has 0 aliphatic rings. The number of nitrogen functional groups attached to an aromatic ring is 1. The number of aromatic nitrogens is 2. The smallest absolute Gasteiger partial charge is 0.309 e. The maximum atomic E-state index is 11.3. The third-order valence-electron chi connectivity index (χ3n) is 2.31. The Bertz CT molecular complexity index is 460. The van der Waals surface area contributed by atoms with Crippen LogP contribution in [0.1, 0.15) is 13.8 Å². The van der Waals surface area contributed by atoms with E-state index in [0.29, 0.717) is 5.16 Å². The Morgan fingerprint density at radius 1 is 1.59 bits per heavy atom. The number of ether oxygens (including phenoxy) is 1. The maximum Gasteiger partial charge on any atom is 0.309 e. The molecular weight excluding hydrogens is 242 g/mol. The molecule has 17 heavy (non-hydrogen) atoms. The van der Waals surface area contributed by atoms with Gasteiger partial charge in [0, 0.05) is 11.3 Å². The highest BCUT2D eigenvalue weighted by Gasteiger charge is 2.22. The van der Waals surface area contributed by atoms with Gasteiger partial charge in [0.25, 0.3) is 5.56 Å². The van der Waals surface area contributed by atoms with Gasteiger partial charge in [0.05, 0.1) is 13.0 Å². The first-order chi connectivity index (χ1) is 7.93. The number of nitrogens with zero attached hydrogens (tertiary/aromatic N) is 1. The highest BCUT2D eigenvalue weighted by molar-refractivity contribution is 7.99. The van der Waals surface area contributed by atoms with Crippen molar-refractivity contribution in [2.75, 3.05) is 12.8 Å². The molecule has 6 nitrogen and oxygen atoms in total. The fourth-order valence-electron chi connectivity index (χ4n) is 1.16. The second kappa shape index (κ2) is 5.72. The number of nitrogens with one attached hydrogen (secondary N) is 1. The molecule has 7 heteroatoms. The number of carbonyl (C=O) groups is 1. The summed E-state index contributed by atoms with van der Waals surface area (Å²) in [5, 5.41) is 0.325. The molecule has 0 spiro atoms. The van der Waals surface area contributed by atoms with Gasteiger partial charge in [-0.05, 0) is 0 Å². The first kappa shape index (κ1) is 13.6. The Morgan fingerprint density at radius 2 is 2.24 bits per heavy atom. The third kappa shape index (κ3) is 3.77. The lowest BCUT2D eigenvalue weighted by Gasteiger charge is -2.16. The molecule has 0 fully saturated rings. The van der Waals surface area contributed by atoms with E-state index in [1.165, 1.54) is 24.9 Å². The summed E-state index contributed by atoms with van der Waals surface area (Å²) in [4.78, 5) is 29.0. The minimum atomic E-state index is -0.307. The minimum Gasteiger partial charge on any atom is -0.469 e. The Labute approximate surface area is 103 Å². The molecule has 0 aliphatic carbocycles. The zero-order chi connectivity index (χ0) is 13.0. The van der Waals surface area contributed by atoms with Gasteiger partial charge in [-0.3, -0.25) is 9.59 Å². The van der Waals surface area contributed by atoms with Crippen molar-refractivity contribution in [2.45, 2.75) is 24.3 Å². The lowest BCUT2D eigenvalue weighted by Crippen LogP contribution is -2.22. The predicted octanol–water partition coefficient (Wildman–Crippen LogP) is 0.642. The molecule has 1 rings (SSSR count). The Kier molecular flexibility index (Phi) is 4.56. The third-order valence-corrected chi connectivity index (χ3v) is 3.51. The summed E-state index contributed by atoms with van der Waals surface area (Å²) in [5.74, 6) is -0.429. The Balaban J connectivity index is 2.77. The number of nitrogens with two attached hydrogens (primary N) is 1. The van der Waals surface area contributed by atoms with Gasteiger partial charge in [-0.15, -0.1) is 0 Å². The van der Waals surface area contributed by atoms with Crippen molar-refractivity contribution < 1.29 is 9.53 Å². The first-order valence-electron chi connectivity index (χ1n) is 5.05. The number of anilines is 1. The molecule has 0 saturated carbocycles. The van der Waals surface area contributed by atoms with Gasteiger partial charge in [0.15, 0.2) is 5.16 Å². The van der Waals surface area contributed by atoms with Gasteiger partial charge in [-0.1, -0.05) is 25.6 Å². The van der Waals surface area contributed by atoms with Gasteiger partial charge < -0.3 is 15.5 Å². The Morgan fingerprint density at radius 3 is 2.76 bits per heavy atom. The second-order valence-corrected chi connectivity index (χ2v) is 4.98. The SMILES string of the molecule is COC(=O)C(C)C(C)Sc1nc(N)cc(=O)[nH]1. The quantitative estimate of drug-likeness (QED) is 0.466. The second-order valence-electron chi connectivity index (χ2n) is 3.61. The summed E-state index contributed by atoms with van der Waals surface area (Å²) in [6.45, 7) is 3.61. The van der Waals surface area contributed by atoms with Crippen LogP contribution in [0.4, 0.5) is 5.82 Å². The number of aromatic amines is 1. The summed E-state index contributed by atoms with van der Waals surface area (Å²) in [6, 6.07) is 1.21. The summed E-state index contributed by atoms with van der Waals surface area (Å²) >= 11 is 1.28. The zero-order valence-corrected chi connectivity index (χ0v) is 10.7. The molecule has 94 valence electrons. The van der Waals surface area contributed by atoms with Gasteiger partial charge in [-0.25, -0.2) is 4.98 Å². The average molecular weight is 257 g/mol. The van der Waals surface area contributed by atoms with Crippen LogP contribution in [0.15, 0.2) is 16.0 Å². The van der Waals surface area contributed by atoms with Crippen molar-refractivity contribution in [3.05, 3.63) is 16.4 Å². The van der Waals surface area contributed by atoms with Crippen molar-refractivity contribution in [3.63, 3.8) is 0 Å². The van der Waals surface area contributed by atoms with E-state index in [9.17, 15) is 9.59 Å². The number of carbonyl (C=O) groups excluding carboxylic acids is 1. The van der Waals surface area contributed by atoms with Crippen molar-refractivity contribution in [3.8, 4) is 0 Å². The molecule has 2 unspecified atom stereocenters. The van der Waals surface area contributed by atoms with Crippen LogP contribution in [0.2, 0.25) is 0 Å². The van der Waals surface area contributed by atoms with Crippen molar-refractivity contribution in [1.29, 1.82) is 0 Å². The minimum absolute atomic E-state index is 0.0765. The van der Waals surface area contributed by atoms with Gasteiger partial charge in [0.1, 0.15) is 5.82 Å². The number of thioether (sulfide) groups is 1. The predicted molar refractivity (Wildman–Crippen MR) is 65.8 cm³/mol. The van der Waals surface area contributed by atoms with E-state index in [1.807, 2.05) is 6.92 Å². The number of rotatable bonds is 4. The number of hydrogen-bond acceptors (Lipinski definition) is 6. The maximum absolute atomic E-state index is 11.3. The molecule has 0 bridgehead atoms. The van der Waals surface area contributed by atoms with E-state index < -0.39 is 0 Å². The summed E-state index contributed by atoms with van der Waals surface area (Å²) in [5.41, 5.74) is 5.15. The van der Waals surface area contributed by atoms with Crippen LogP contribution in [0, 0.1) is 5.92 Å². The largest absolute Gasteiger partial charge is 0.469 e. The lowest BCUT2D eigenvalue weighted by molar-refractivity contribution is -0.144. The molecule has 3 N–H and O–H groups in total. The number of hydrogen-bond donors (Lipinski definition) is 2. The van der Waals surface area contributed by atoms with Gasteiger partial charge in [-0.2, -0.15) is 0 Å². The average Bonchev–Trinajstić information content (AvgIpc) is 2.25. The van der Waals surface area contributed by atoms with Crippen LogP contribution in [0.5, 0.6) is 0 Å². The summed E-state index contributed by atoms with van der Waals surface area (Å²) in [6.07, 6.45) is 0. The molecule has 1 heterocycles. The van der Waals surface area contributed by atoms with E-state index in [1.54, 1.807) is 6.92 Å². The highest BCUT2D eigenvalue weighted by Crippen LogP contribution is 2.25. The van der Waals surface area contributed by atoms with E-state index in [-0.39, 0.29) is 28.5 Å². The molecule has 0 aromatic carbocycles. The van der Waals surface area contributed by atoms with Crippen LogP contribution in [0.3, 0.4) is 0 Å². The zero-order valence-electron chi connectivity index (χ0n) is 9.89. The highest BCUT2D eigenvalue weighted by atomic mass is 32.2. The normalized spacial score (nSPS) is 14.1. The molecule has 0 radical (unpaired) electrons. The first-order valence-corrected chi connectivity index (χ1v) is 5.93. The van der Waals surface area contributed by atoms with Crippen molar-refractivity contribution in [2.24, 2.45) is 5.92 Å². The molecule has 1 aromatic rings. The van der Waals surface area contributed by atoms with Gasteiger partial charge >= 0.3 is 5.97 Å². The fraction of sp³-hybridized carbons (Fsp3) is 0.500. The van der Waals surface area contributed by atoms with Crippen LogP contribution in [-0.4, -0.2) is 28.3 Å². The Hall–Kier alpha value is -1.50. The molecule has 0 aliphatic heterocycles. The number of esters is 1. The molecule has 2 atom stereocenters. The van der Waals surface area contributed by atoms with Crippen molar-refractivity contribution in [1.82, 2.24) is 9.97 Å². The topological polar surface area (TPSA) is 98.1 Å². The van der Waals surface area contributed by atoms with Crippen LogP contribution < -0.4 is 11.3 Å². The van der Waals surface area contributed by atoms with Crippen LogP contribution in [0.25, 0.3) is 0 Å². The van der Waals surface area contributed by atoms with Crippen LogP contribution >= 0.6 is 11.8 Å². The summed E-state index contributed by atoms with van der Waals surface area (Å²) in [7, 11) is 1.34. The number of methoxy groups -OCH3 is 1. The van der Waals surface area contributed by atoms with Gasteiger partial charge in [0.2, 0.25) is 0 Å². The van der Waals surface area contributed by atoms with E-state index in [2.05, 4.69) is 14.7 Å². The molecule has 0 saturated heterocycles. The lowest BCUT2D eigenvalue weighted by atomic mass is 10.1. The molecule has 1 aromatic heterocycles. The molecular formula is C10H15N3O3S. The van der Waals surface area contributed by atoms with Crippen LogP contribution in [-0.2, 0) is 9.53 Å². The summed E-state index contributed by atoms with van der Waals surface area (Å²) < 4.78 is 4.65. The number of H-pyrrole nitrogens is 1. The molecule has 0 amide bonds. The van der Waals surface area contributed by atoms with E-state index >= 15 is 0 Å².